The first kappa shape index (κ1) is 12.9. The minimum atomic E-state index is -0.386. The molecule has 0 aliphatic heterocycles. The smallest absolute Gasteiger partial charge is 0.354 e. The molecule has 0 aliphatic carbocycles. The van der Waals surface area contributed by atoms with E-state index in [1.54, 1.807) is 12.3 Å². The average Bonchev–Trinajstić information content (AvgIpc) is 2.91. The lowest BCUT2D eigenvalue weighted by Crippen LogP contribution is -2.00. The van der Waals surface area contributed by atoms with Crippen molar-refractivity contribution >= 4 is 32.8 Å². The standard InChI is InChI=1S/C15H11BrN2O2/c1-20-15(19)13-8-11-12(18-13)6-7-17-14(11)9-2-4-10(16)5-3-9/h2-8,18H,1H3. The van der Waals surface area contributed by atoms with E-state index in [0.29, 0.717) is 5.69 Å². The summed E-state index contributed by atoms with van der Waals surface area (Å²) in [4.78, 5) is 19.1. The fourth-order valence-corrected chi connectivity index (χ4v) is 2.38. The summed E-state index contributed by atoms with van der Waals surface area (Å²) in [5, 5.41) is 0.898. The van der Waals surface area contributed by atoms with Crippen LogP contribution in [0.25, 0.3) is 22.2 Å². The molecule has 3 rings (SSSR count). The van der Waals surface area contributed by atoms with Crippen LogP contribution in [0.4, 0.5) is 0 Å². The van der Waals surface area contributed by atoms with Crippen molar-refractivity contribution in [3.63, 3.8) is 0 Å². The first-order chi connectivity index (χ1) is 9.69. The Labute approximate surface area is 123 Å². The average molecular weight is 331 g/mol. The van der Waals surface area contributed by atoms with E-state index in [-0.39, 0.29) is 5.97 Å². The SMILES string of the molecule is COC(=O)c1cc2c(-c3ccc(Br)cc3)nccc2[nH]1. The molecule has 100 valence electrons. The van der Waals surface area contributed by atoms with Gasteiger partial charge in [-0.25, -0.2) is 4.79 Å². The Hall–Kier alpha value is -2.14. The number of nitrogens with one attached hydrogen (secondary N) is 1. The molecule has 0 bridgehead atoms. The molecule has 4 nitrogen and oxygen atoms in total. The predicted octanol–water partition coefficient (Wildman–Crippen LogP) is 3.78. The van der Waals surface area contributed by atoms with Crippen LogP contribution in [0, 0.1) is 0 Å². The fourth-order valence-electron chi connectivity index (χ4n) is 2.11. The number of aromatic nitrogens is 2. The van der Waals surface area contributed by atoms with E-state index >= 15 is 0 Å². The zero-order chi connectivity index (χ0) is 14.1. The van der Waals surface area contributed by atoms with Crippen molar-refractivity contribution < 1.29 is 9.53 Å². The minimum absolute atomic E-state index is 0.386. The van der Waals surface area contributed by atoms with Crippen molar-refractivity contribution in [3.8, 4) is 11.3 Å². The van der Waals surface area contributed by atoms with Crippen LogP contribution >= 0.6 is 15.9 Å². The Balaban J connectivity index is 2.18. The van der Waals surface area contributed by atoms with Gasteiger partial charge in [0.1, 0.15) is 5.69 Å². The Bertz CT molecular complexity index is 778. The Morgan fingerprint density at radius 3 is 2.70 bits per heavy atom. The van der Waals surface area contributed by atoms with E-state index in [2.05, 4.69) is 25.9 Å². The van der Waals surface area contributed by atoms with Gasteiger partial charge in [-0.1, -0.05) is 28.1 Å². The van der Waals surface area contributed by atoms with Crippen molar-refractivity contribution in [3.05, 3.63) is 52.8 Å². The molecule has 0 saturated heterocycles. The summed E-state index contributed by atoms with van der Waals surface area (Å²) in [5.41, 5.74) is 3.11. The van der Waals surface area contributed by atoms with Crippen molar-refractivity contribution in [2.45, 2.75) is 0 Å². The number of carbonyl (C=O) groups excluding carboxylic acids is 1. The van der Waals surface area contributed by atoms with Gasteiger partial charge in [0.25, 0.3) is 0 Å². The third-order valence-corrected chi connectivity index (χ3v) is 3.60. The predicted molar refractivity (Wildman–Crippen MR) is 80.6 cm³/mol. The number of rotatable bonds is 2. The van der Waals surface area contributed by atoms with Gasteiger partial charge in [-0.2, -0.15) is 0 Å². The van der Waals surface area contributed by atoms with E-state index in [4.69, 9.17) is 4.74 Å². The molecule has 20 heavy (non-hydrogen) atoms. The number of nitrogens with zero attached hydrogens (tertiary/aromatic N) is 1. The highest BCUT2D eigenvalue weighted by Crippen LogP contribution is 2.28. The maximum atomic E-state index is 11.6. The molecule has 1 aromatic carbocycles. The third-order valence-electron chi connectivity index (χ3n) is 3.07. The molecule has 3 aromatic rings. The molecule has 0 saturated carbocycles. The fraction of sp³-hybridized carbons (Fsp3) is 0.0667. The number of esters is 1. The second-order valence-corrected chi connectivity index (χ2v) is 5.22. The Morgan fingerprint density at radius 1 is 1.25 bits per heavy atom. The first-order valence-corrected chi connectivity index (χ1v) is 6.80. The van der Waals surface area contributed by atoms with Gasteiger partial charge in [-0.05, 0) is 24.3 Å². The summed E-state index contributed by atoms with van der Waals surface area (Å²) in [6.45, 7) is 0. The summed E-state index contributed by atoms with van der Waals surface area (Å²) in [5.74, 6) is -0.386. The number of hydrogen-bond acceptors (Lipinski definition) is 3. The lowest BCUT2D eigenvalue weighted by molar-refractivity contribution is 0.0595. The second kappa shape index (κ2) is 5.09. The lowest BCUT2D eigenvalue weighted by atomic mass is 10.1. The van der Waals surface area contributed by atoms with E-state index < -0.39 is 0 Å². The minimum Gasteiger partial charge on any atom is -0.464 e. The molecule has 0 amide bonds. The van der Waals surface area contributed by atoms with Gasteiger partial charge in [-0.15, -0.1) is 0 Å². The highest BCUT2D eigenvalue weighted by molar-refractivity contribution is 9.10. The number of pyridine rings is 1. The number of ether oxygens (including phenoxy) is 1. The second-order valence-electron chi connectivity index (χ2n) is 4.30. The molecule has 0 aliphatic rings. The van der Waals surface area contributed by atoms with Crippen LogP contribution in [-0.2, 0) is 4.74 Å². The summed E-state index contributed by atoms with van der Waals surface area (Å²) in [7, 11) is 1.36. The molecule has 5 heteroatoms. The molecule has 0 atom stereocenters. The van der Waals surface area contributed by atoms with Gasteiger partial charge < -0.3 is 9.72 Å². The van der Waals surface area contributed by atoms with Crippen LogP contribution in [0.5, 0.6) is 0 Å². The zero-order valence-electron chi connectivity index (χ0n) is 10.7. The van der Waals surface area contributed by atoms with E-state index in [9.17, 15) is 4.79 Å². The topological polar surface area (TPSA) is 55.0 Å². The number of aromatic amines is 1. The Kier molecular flexibility index (Phi) is 3.28. The molecule has 0 spiro atoms. The van der Waals surface area contributed by atoms with Gasteiger partial charge in [0.05, 0.1) is 12.8 Å². The summed E-state index contributed by atoms with van der Waals surface area (Å²) < 4.78 is 5.74. The number of methoxy groups -OCH3 is 1. The normalized spacial score (nSPS) is 10.7. The summed E-state index contributed by atoms with van der Waals surface area (Å²) in [6, 6.07) is 11.5. The number of benzene rings is 1. The van der Waals surface area contributed by atoms with Crippen LogP contribution in [0.2, 0.25) is 0 Å². The Morgan fingerprint density at radius 2 is 2.00 bits per heavy atom. The summed E-state index contributed by atoms with van der Waals surface area (Å²) in [6.07, 6.45) is 1.72. The monoisotopic (exact) mass is 330 g/mol. The summed E-state index contributed by atoms with van der Waals surface area (Å²) >= 11 is 3.41. The van der Waals surface area contributed by atoms with E-state index in [1.807, 2.05) is 30.3 Å². The quantitative estimate of drug-likeness (QED) is 0.727. The van der Waals surface area contributed by atoms with Crippen LogP contribution in [0.3, 0.4) is 0 Å². The molecular formula is C15H11BrN2O2. The van der Waals surface area contributed by atoms with E-state index in [0.717, 1.165) is 26.6 Å². The molecular weight excluding hydrogens is 320 g/mol. The van der Waals surface area contributed by atoms with Gasteiger partial charge in [0.15, 0.2) is 0 Å². The number of halogens is 1. The van der Waals surface area contributed by atoms with Gasteiger partial charge in [0.2, 0.25) is 0 Å². The van der Waals surface area contributed by atoms with Gasteiger partial charge in [0, 0.05) is 27.1 Å². The highest BCUT2D eigenvalue weighted by Gasteiger charge is 2.13. The molecule has 2 heterocycles. The number of fused-ring (bicyclic) bond motifs is 1. The number of H-pyrrole nitrogens is 1. The molecule has 0 fully saturated rings. The largest absolute Gasteiger partial charge is 0.464 e. The number of carbonyl (C=O) groups is 1. The highest BCUT2D eigenvalue weighted by atomic mass is 79.9. The number of hydrogen-bond donors (Lipinski definition) is 1. The van der Waals surface area contributed by atoms with Crippen molar-refractivity contribution in [1.29, 1.82) is 0 Å². The van der Waals surface area contributed by atoms with E-state index in [1.165, 1.54) is 7.11 Å². The third kappa shape index (κ3) is 2.20. The van der Waals surface area contributed by atoms with Crippen molar-refractivity contribution in [2.75, 3.05) is 7.11 Å². The lowest BCUT2D eigenvalue weighted by Gasteiger charge is -2.02. The van der Waals surface area contributed by atoms with Crippen LogP contribution in [0.15, 0.2) is 47.1 Å². The molecule has 1 N–H and O–H groups in total. The van der Waals surface area contributed by atoms with Crippen LogP contribution in [0.1, 0.15) is 10.5 Å². The van der Waals surface area contributed by atoms with Gasteiger partial charge in [-0.3, -0.25) is 4.98 Å². The first-order valence-electron chi connectivity index (χ1n) is 6.01. The molecule has 0 unspecified atom stereocenters. The molecule has 2 aromatic heterocycles. The maximum Gasteiger partial charge on any atom is 0.354 e. The van der Waals surface area contributed by atoms with Crippen LogP contribution < -0.4 is 0 Å². The van der Waals surface area contributed by atoms with Gasteiger partial charge >= 0.3 is 5.97 Å². The zero-order valence-corrected chi connectivity index (χ0v) is 12.3. The van der Waals surface area contributed by atoms with Crippen molar-refractivity contribution in [2.24, 2.45) is 0 Å². The maximum absolute atomic E-state index is 11.6. The van der Waals surface area contributed by atoms with Crippen LogP contribution in [-0.4, -0.2) is 23.0 Å². The molecule has 0 radical (unpaired) electrons. The van der Waals surface area contributed by atoms with Crippen molar-refractivity contribution in [1.82, 2.24) is 9.97 Å².